The molecule has 0 aliphatic carbocycles. The molecule has 0 unspecified atom stereocenters. The fourth-order valence-corrected chi connectivity index (χ4v) is 3.78. The quantitative estimate of drug-likeness (QED) is 0.570. The van der Waals surface area contributed by atoms with E-state index in [0.29, 0.717) is 48.0 Å². The Bertz CT molecular complexity index is 1290. The van der Waals surface area contributed by atoms with Gasteiger partial charge in [-0.05, 0) is 29.8 Å². The van der Waals surface area contributed by atoms with Crippen molar-refractivity contribution in [3.8, 4) is 5.82 Å². The zero-order valence-corrected chi connectivity index (χ0v) is 16.4. The number of H-pyrrole nitrogens is 1. The maximum absolute atomic E-state index is 12.9. The van der Waals surface area contributed by atoms with Crippen LogP contribution in [0.4, 0.5) is 5.82 Å². The van der Waals surface area contributed by atoms with Gasteiger partial charge in [-0.2, -0.15) is 0 Å². The van der Waals surface area contributed by atoms with Gasteiger partial charge in [-0.25, -0.2) is 19.3 Å². The number of anilines is 1. The van der Waals surface area contributed by atoms with Crippen LogP contribution < -0.4 is 10.6 Å². The van der Waals surface area contributed by atoms with Crippen molar-refractivity contribution < 1.29 is 4.79 Å². The number of likely N-dealkylation sites (N-methyl/N-ethyl adjacent to an activating group) is 1. The molecule has 0 saturated carbocycles. The van der Waals surface area contributed by atoms with Crippen molar-refractivity contribution in [2.24, 2.45) is 0 Å². The lowest BCUT2D eigenvalue weighted by Gasteiger charge is -2.23. The maximum atomic E-state index is 12.9. The molecule has 1 aromatic carbocycles. The van der Waals surface area contributed by atoms with Crippen LogP contribution in [0.1, 0.15) is 15.9 Å². The molecule has 30 heavy (non-hydrogen) atoms. The first-order valence-electron chi connectivity index (χ1n) is 9.73. The first-order chi connectivity index (χ1) is 14.6. The maximum Gasteiger partial charge on any atom is 0.333 e. The number of aromatic amines is 1. The van der Waals surface area contributed by atoms with Crippen molar-refractivity contribution in [2.75, 3.05) is 25.0 Å². The Hall–Kier alpha value is -3.94. The minimum absolute atomic E-state index is 0.0763. The summed E-state index contributed by atoms with van der Waals surface area (Å²) in [6.45, 7) is 1.86. The monoisotopic (exact) mass is 400 g/mol. The van der Waals surface area contributed by atoms with Gasteiger partial charge in [0.15, 0.2) is 5.65 Å². The predicted molar refractivity (Wildman–Crippen MR) is 114 cm³/mol. The average Bonchev–Trinajstić information content (AvgIpc) is 3.06. The molecule has 0 radical (unpaired) electrons. The van der Waals surface area contributed by atoms with Gasteiger partial charge in [0.05, 0.1) is 11.1 Å². The average molecular weight is 400 g/mol. The Morgan fingerprint density at radius 2 is 1.83 bits per heavy atom. The number of hydrogen-bond acceptors (Lipinski definition) is 5. The van der Waals surface area contributed by atoms with Gasteiger partial charge in [0.2, 0.25) is 0 Å². The number of amides is 1. The van der Waals surface area contributed by atoms with Crippen LogP contribution in [0.2, 0.25) is 0 Å². The molecule has 1 aliphatic rings. The summed E-state index contributed by atoms with van der Waals surface area (Å²) >= 11 is 0. The Balaban J connectivity index is 1.66. The van der Waals surface area contributed by atoms with E-state index in [1.807, 2.05) is 24.3 Å². The fraction of sp³-hybridized carbons (Fsp3) is 0.182. The molecule has 0 spiro atoms. The molecule has 1 aliphatic heterocycles. The van der Waals surface area contributed by atoms with E-state index in [0.717, 1.165) is 5.56 Å². The number of nitrogens with zero attached hydrogens (tertiary/aromatic N) is 5. The van der Waals surface area contributed by atoms with Crippen molar-refractivity contribution in [1.82, 2.24) is 24.4 Å². The fourth-order valence-electron chi connectivity index (χ4n) is 3.78. The van der Waals surface area contributed by atoms with Gasteiger partial charge in [0, 0.05) is 32.9 Å². The first-order valence-corrected chi connectivity index (χ1v) is 9.73. The molecule has 1 amide bonds. The van der Waals surface area contributed by atoms with E-state index in [1.54, 1.807) is 36.3 Å². The van der Waals surface area contributed by atoms with E-state index in [9.17, 15) is 9.59 Å². The molecular formula is C22H20N6O2. The smallest absolute Gasteiger partial charge is 0.333 e. The van der Waals surface area contributed by atoms with Crippen LogP contribution in [0.5, 0.6) is 0 Å². The summed E-state index contributed by atoms with van der Waals surface area (Å²) in [7, 11) is 1.79. The molecule has 0 saturated heterocycles. The van der Waals surface area contributed by atoms with E-state index in [4.69, 9.17) is 4.98 Å². The van der Waals surface area contributed by atoms with Gasteiger partial charge in [0.1, 0.15) is 11.6 Å². The molecule has 4 aromatic rings. The third-order valence-corrected chi connectivity index (χ3v) is 5.34. The molecule has 0 bridgehead atoms. The number of aromatic nitrogens is 4. The Labute approximate surface area is 172 Å². The van der Waals surface area contributed by atoms with E-state index >= 15 is 0 Å². The van der Waals surface area contributed by atoms with E-state index in [2.05, 4.69) is 27.0 Å². The Morgan fingerprint density at radius 1 is 1.00 bits per heavy atom. The highest BCUT2D eigenvalue weighted by Gasteiger charge is 2.26. The summed E-state index contributed by atoms with van der Waals surface area (Å²) in [6.07, 6.45) is 1.63. The first kappa shape index (κ1) is 18.1. The normalized spacial score (nSPS) is 14.1. The number of nitrogens with one attached hydrogen (secondary N) is 1. The van der Waals surface area contributed by atoms with Crippen LogP contribution in [-0.4, -0.2) is 50.5 Å². The second-order valence-electron chi connectivity index (χ2n) is 7.31. The SMILES string of the molecule is CN1CCN(Cc2ccccc2)c2nc(-n3c(=O)[nH]c4ncccc43)ccc2C1=O. The van der Waals surface area contributed by atoms with Crippen molar-refractivity contribution in [2.45, 2.75) is 6.54 Å². The number of carbonyl (C=O) groups excluding carboxylic acids is 1. The highest BCUT2D eigenvalue weighted by Crippen LogP contribution is 2.26. The van der Waals surface area contributed by atoms with Crippen molar-refractivity contribution in [3.05, 3.63) is 82.4 Å². The van der Waals surface area contributed by atoms with Crippen LogP contribution in [0.3, 0.4) is 0 Å². The van der Waals surface area contributed by atoms with Crippen molar-refractivity contribution in [1.29, 1.82) is 0 Å². The summed E-state index contributed by atoms with van der Waals surface area (Å²) in [5.41, 5.74) is 2.47. The third-order valence-electron chi connectivity index (χ3n) is 5.34. The molecule has 4 heterocycles. The molecule has 8 heteroatoms. The van der Waals surface area contributed by atoms with E-state index in [-0.39, 0.29) is 11.6 Å². The lowest BCUT2D eigenvalue weighted by molar-refractivity contribution is 0.0804. The van der Waals surface area contributed by atoms with Gasteiger partial charge in [-0.3, -0.25) is 9.78 Å². The van der Waals surface area contributed by atoms with Gasteiger partial charge >= 0.3 is 5.69 Å². The second-order valence-corrected chi connectivity index (χ2v) is 7.31. The lowest BCUT2D eigenvalue weighted by atomic mass is 10.2. The van der Waals surface area contributed by atoms with Gasteiger partial charge in [0.25, 0.3) is 5.91 Å². The molecule has 0 atom stereocenters. The van der Waals surface area contributed by atoms with Crippen LogP contribution in [-0.2, 0) is 6.54 Å². The molecule has 3 aromatic heterocycles. The number of rotatable bonds is 3. The highest BCUT2D eigenvalue weighted by atomic mass is 16.2. The van der Waals surface area contributed by atoms with Crippen LogP contribution in [0, 0.1) is 0 Å². The second kappa shape index (κ2) is 7.14. The van der Waals surface area contributed by atoms with Crippen LogP contribution in [0.25, 0.3) is 17.0 Å². The van der Waals surface area contributed by atoms with Gasteiger partial charge in [-0.15, -0.1) is 0 Å². The van der Waals surface area contributed by atoms with E-state index < -0.39 is 0 Å². The number of fused-ring (bicyclic) bond motifs is 2. The molecule has 150 valence electrons. The Kier molecular flexibility index (Phi) is 4.31. The molecule has 5 rings (SSSR count). The molecule has 8 nitrogen and oxygen atoms in total. The molecule has 1 N–H and O–H groups in total. The zero-order valence-electron chi connectivity index (χ0n) is 16.4. The Morgan fingerprint density at radius 3 is 2.67 bits per heavy atom. The molecular weight excluding hydrogens is 380 g/mol. The van der Waals surface area contributed by atoms with Gasteiger partial charge < -0.3 is 9.80 Å². The number of imidazole rings is 1. The molecule has 0 fully saturated rings. The largest absolute Gasteiger partial charge is 0.350 e. The highest BCUT2D eigenvalue weighted by molar-refractivity contribution is 5.99. The minimum Gasteiger partial charge on any atom is -0.350 e. The van der Waals surface area contributed by atoms with E-state index in [1.165, 1.54) is 4.57 Å². The van der Waals surface area contributed by atoms with Gasteiger partial charge in [-0.1, -0.05) is 30.3 Å². The van der Waals surface area contributed by atoms with Crippen LogP contribution >= 0.6 is 0 Å². The topological polar surface area (TPSA) is 87.1 Å². The summed E-state index contributed by atoms with van der Waals surface area (Å²) in [5, 5.41) is 0. The van der Waals surface area contributed by atoms with Crippen molar-refractivity contribution >= 4 is 22.9 Å². The van der Waals surface area contributed by atoms with Crippen LogP contribution in [0.15, 0.2) is 65.6 Å². The summed E-state index contributed by atoms with van der Waals surface area (Å²) in [4.78, 5) is 41.0. The summed E-state index contributed by atoms with van der Waals surface area (Å²) in [5.74, 6) is 0.955. The number of benzene rings is 1. The predicted octanol–water partition coefficient (Wildman–Crippen LogP) is 2.20. The minimum atomic E-state index is -0.317. The zero-order chi connectivity index (χ0) is 20.7. The van der Waals surface area contributed by atoms with Crippen molar-refractivity contribution in [3.63, 3.8) is 0 Å². The number of pyridine rings is 2. The summed E-state index contributed by atoms with van der Waals surface area (Å²) < 4.78 is 1.49. The summed E-state index contributed by atoms with van der Waals surface area (Å²) in [6, 6.07) is 17.1. The third kappa shape index (κ3) is 3.02. The lowest BCUT2D eigenvalue weighted by Crippen LogP contribution is -2.31. The number of hydrogen-bond donors (Lipinski definition) is 1. The number of carbonyl (C=O) groups is 1. The standard InChI is InChI=1S/C22H20N6O2/c1-26-12-13-27(14-15-6-3-2-4-7-15)20-16(21(26)29)9-10-18(24-20)28-17-8-5-11-23-19(17)25-22(28)30/h2-11H,12-14H2,1H3,(H,23,25,30).